The third kappa shape index (κ3) is 3.84. The van der Waals surface area contributed by atoms with Gasteiger partial charge in [-0.2, -0.15) is 0 Å². The number of benzene rings is 2. The van der Waals surface area contributed by atoms with Crippen LogP contribution in [0.4, 0.5) is 0 Å². The lowest BCUT2D eigenvalue weighted by atomic mass is 10.1. The molecule has 0 fully saturated rings. The summed E-state index contributed by atoms with van der Waals surface area (Å²) in [5.74, 6) is 0.483. The lowest BCUT2D eigenvalue weighted by Gasteiger charge is -2.15. The highest BCUT2D eigenvalue weighted by Gasteiger charge is 2.21. The number of aromatic nitrogens is 3. The van der Waals surface area contributed by atoms with Crippen molar-refractivity contribution in [2.45, 2.75) is 24.3 Å². The predicted molar refractivity (Wildman–Crippen MR) is 116 cm³/mol. The zero-order valence-corrected chi connectivity index (χ0v) is 16.9. The molecule has 0 saturated heterocycles. The van der Waals surface area contributed by atoms with Crippen LogP contribution in [0.1, 0.15) is 22.8 Å². The molecule has 5 nitrogen and oxygen atoms in total. The molecule has 0 N–H and O–H groups in total. The molecule has 0 bridgehead atoms. The van der Waals surface area contributed by atoms with Gasteiger partial charge in [0.05, 0.1) is 16.2 Å². The van der Waals surface area contributed by atoms with Crippen molar-refractivity contribution in [2.75, 3.05) is 0 Å². The van der Waals surface area contributed by atoms with E-state index < -0.39 is 5.25 Å². The van der Waals surface area contributed by atoms with Crippen molar-refractivity contribution in [1.29, 1.82) is 0 Å². The van der Waals surface area contributed by atoms with Crippen LogP contribution in [0.25, 0.3) is 16.7 Å². The van der Waals surface area contributed by atoms with Gasteiger partial charge < -0.3 is 0 Å². The monoisotopic (exact) mass is 401 g/mol. The molecule has 0 saturated carbocycles. The molecule has 29 heavy (non-hydrogen) atoms. The molecule has 0 radical (unpaired) electrons. The lowest BCUT2D eigenvalue weighted by Crippen LogP contribution is -2.24. The number of thioether (sulfide) groups is 1. The molecule has 2 aromatic carbocycles. The summed E-state index contributed by atoms with van der Waals surface area (Å²) in [5.41, 5.74) is 2.02. The van der Waals surface area contributed by atoms with E-state index in [0.717, 1.165) is 5.56 Å². The molecule has 1 atom stereocenters. The number of aryl methyl sites for hydroxylation is 1. The summed E-state index contributed by atoms with van der Waals surface area (Å²) >= 11 is 1.27. The van der Waals surface area contributed by atoms with Gasteiger partial charge in [-0.15, -0.1) is 0 Å². The first-order chi connectivity index (χ1) is 14.0. The van der Waals surface area contributed by atoms with Crippen molar-refractivity contribution in [3.05, 3.63) is 94.4 Å². The molecule has 4 rings (SSSR count). The van der Waals surface area contributed by atoms with Crippen molar-refractivity contribution in [3.8, 4) is 5.82 Å². The van der Waals surface area contributed by atoms with Crippen LogP contribution < -0.4 is 5.56 Å². The van der Waals surface area contributed by atoms with Gasteiger partial charge in [-0.3, -0.25) is 9.59 Å². The number of rotatable bonds is 5. The van der Waals surface area contributed by atoms with Crippen molar-refractivity contribution < 1.29 is 4.79 Å². The average molecular weight is 401 g/mol. The second-order valence-electron chi connectivity index (χ2n) is 6.73. The maximum atomic E-state index is 13.3. The van der Waals surface area contributed by atoms with Crippen molar-refractivity contribution >= 4 is 28.4 Å². The Balaban J connectivity index is 1.83. The van der Waals surface area contributed by atoms with Crippen LogP contribution >= 0.6 is 11.8 Å². The van der Waals surface area contributed by atoms with E-state index in [1.54, 1.807) is 30.5 Å². The normalized spacial score (nSPS) is 12.1. The van der Waals surface area contributed by atoms with E-state index in [1.807, 2.05) is 56.3 Å². The van der Waals surface area contributed by atoms with Gasteiger partial charge in [-0.25, -0.2) is 14.5 Å². The van der Waals surface area contributed by atoms with Gasteiger partial charge in [0.25, 0.3) is 5.56 Å². The molecule has 0 aliphatic heterocycles. The van der Waals surface area contributed by atoms with E-state index in [4.69, 9.17) is 4.98 Å². The van der Waals surface area contributed by atoms with Gasteiger partial charge in [0, 0.05) is 11.8 Å². The van der Waals surface area contributed by atoms with Crippen LogP contribution in [0.5, 0.6) is 0 Å². The molecular weight excluding hydrogens is 382 g/mol. The minimum Gasteiger partial charge on any atom is -0.293 e. The molecule has 4 aromatic rings. The maximum Gasteiger partial charge on any atom is 0.267 e. The van der Waals surface area contributed by atoms with Gasteiger partial charge >= 0.3 is 0 Å². The topological polar surface area (TPSA) is 64.8 Å². The first-order valence-corrected chi connectivity index (χ1v) is 10.1. The molecule has 0 aliphatic carbocycles. The number of ketones is 1. The van der Waals surface area contributed by atoms with Crippen LogP contribution in [0, 0.1) is 6.92 Å². The fourth-order valence-electron chi connectivity index (χ4n) is 3.08. The molecule has 2 aromatic heterocycles. The fourth-order valence-corrected chi connectivity index (χ4v) is 4.08. The Labute approximate surface area is 172 Å². The first kappa shape index (κ1) is 19.1. The minimum atomic E-state index is -0.415. The van der Waals surface area contributed by atoms with Crippen molar-refractivity contribution in [1.82, 2.24) is 14.5 Å². The highest BCUT2D eigenvalue weighted by atomic mass is 32.2. The van der Waals surface area contributed by atoms with E-state index in [9.17, 15) is 9.59 Å². The smallest absolute Gasteiger partial charge is 0.267 e. The van der Waals surface area contributed by atoms with E-state index in [0.29, 0.717) is 27.4 Å². The summed E-state index contributed by atoms with van der Waals surface area (Å²) in [7, 11) is 0. The summed E-state index contributed by atoms with van der Waals surface area (Å²) in [5, 5.41) is 0.548. The zero-order valence-electron chi connectivity index (χ0n) is 16.1. The minimum absolute atomic E-state index is 0.0123. The number of fused-ring (bicyclic) bond motifs is 1. The highest BCUT2D eigenvalue weighted by molar-refractivity contribution is 8.00. The molecule has 0 aliphatic rings. The molecular formula is C23H19N3O2S. The Hall–Kier alpha value is -3.25. The molecule has 144 valence electrons. The summed E-state index contributed by atoms with van der Waals surface area (Å²) in [6.07, 6.45) is 1.67. The number of nitrogens with zero attached hydrogens (tertiary/aromatic N) is 3. The Morgan fingerprint density at radius 1 is 1.03 bits per heavy atom. The van der Waals surface area contributed by atoms with Gasteiger partial charge in [0.1, 0.15) is 5.82 Å². The van der Waals surface area contributed by atoms with Crippen LogP contribution in [0.15, 0.2) is 82.9 Å². The van der Waals surface area contributed by atoms with Gasteiger partial charge in [0.2, 0.25) is 0 Å². The summed E-state index contributed by atoms with van der Waals surface area (Å²) in [6.45, 7) is 3.77. The SMILES string of the molecule is Cc1ccnc(-n2c(SC(C)C(=O)c3ccccc3)nc3ccccc3c2=O)c1. The van der Waals surface area contributed by atoms with Gasteiger partial charge in [-0.05, 0) is 43.7 Å². The number of carbonyl (C=O) groups excluding carboxylic acids is 1. The third-order valence-electron chi connectivity index (χ3n) is 4.58. The van der Waals surface area contributed by atoms with Crippen LogP contribution in [-0.2, 0) is 0 Å². The standard InChI is InChI=1S/C23H19N3O2S/c1-15-12-13-24-20(14-15)26-22(28)18-10-6-7-11-19(18)25-23(26)29-16(2)21(27)17-8-4-3-5-9-17/h3-14,16H,1-2H3. The van der Waals surface area contributed by atoms with E-state index in [-0.39, 0.29) is 11.3 Å². The number of hydrogen-bond donors (Lipinski definition) is 0. The van der Waals surface area contributed by atoms with Crippen LogP contribution in [0.2, 0.25) is 0 Å². The largest absolute Gasteiger partial charge is 0.293 e. The number of pyridine rings is 1. The maximum absolute atomic E-state index is 13.3. The summed E-state index contributed by atoms with van der Waals surface area (Å²) < 4.78 is 1.49. The van der Waals surface area contributed by atoms with Crippen LogP contribution in [-0.4, -0.2) is 25.6 Å². The fraction of sp³-hybridized carbons (Fsp3) is 0.130. The van der Waals surface area contributed by atoms with Gasteiger partial charge in [-0.1, -0.05) is 54.2 Å². The molecule has 1 unspecified atom stereocenters. The summed E-state index contributed by atoms with van der Waals surface area (Å²) in [4.78, 5) is 35.2. The highest BCUT2D eigenvalue weighted by Crippen LogP contribution is 2.26. The number of para-hydroxylation sites is 1. The molecule has 2 heterocycles. The lowest BCUT2D eigenvalue weighted by molar-refractivity contribution is 0.0994. The van der Waals surface area contributed by atoms with E-state index in [2.05, 4.69) is 4.98 Å². The Bertz CT molecular complexity index is 1250. The quantitative estimate of drug-likeness (QED) is 0.281. The number of hydrogen-bond acceptors (Lipinski definition) is 5. The van der Waals surface area contributed by atoms with E-state index >= 15 is 0 Å². The van der Waals surface area contributed by atoms with Gasteiger partial charge in [0.15, 0.2) is 10.9 Å². The Morgan fingerprint density at radius 2 is 1.76 bits per heavy atom. The molecule has 6 heteroatoms. The number of Topliss-reactive ketones (excluding diaryl/α,β-unsaturated/α-hetero) is 1. The molecule has 0 amide bonds. The molecule has 0 spiro atoms. The Morgan fingerprint density at radius 3 is 2.52 bits per heavy atom. The first-order valence-electron chi connectivity index (χ1n) is 9.25. The van der Waals surface area contributed by atoms with E-state index in [1.165, 1.54) is 16.3 Å². The Kier molecular flexibility index (Phi) is 5.27. The van der Waals surface area contributed by atoms with Crippen molar-refractivity contribution in [3.63, 3.8) is 0 Å². The van der Waals surface area contributed by atoms with Crippen molar-refractivity contribution in [2.24, 2.45) is 0 Å². The second-order valence-corrected chi connectivity index (χ2v) is 8.04. The van der Waals surface area contributed by atoms with Crippen LogP contribution in [0.3, 0.4) is 0 Å². The summed E-state index contributed by atoms with van der Waals surface area (Å²) in [6, 6.07) is 20.1. The second kappa shape index (κ2) is 8.01. The predicted octanol–water partition coefficient (Wildman–Crippen LogP) is 4.45. The third-order valence-corrected chi connectivity index (χ3v) is 5.64. The zero-order chi connectivity index (χ0) is 20.4. The number of carbonyl (C=O) groups is 1. The average Bonchev–Trinajstić information content (AvgIpc) is 2.74.